The molecule has 1 aromatic rings. The van der Waals surface area contributed by atoms with E-state index in [2.05, 4.69) is 39.8 Å². The van der Waals surface area contributed by atoms with Crippen molar-refractivity contribution in [1.82, 2.24) is 0 Å². The first-order chi connectivity index (χ1) is 10.5. The molecule has 0 aromatic heterocycles. The molecule has 1 saturated heterocycles. The maximum absolute atomic E-state index is 6.39. The molecule has 2 aliphatic rings. The minimum atomic E-state index is -0.471. The molecule has 23 heavy (non-hydrogen) atoms. The van der Waals surface area contributed by atoms with Gasteiger partial charge >= 0.3 is 7.12 Å². The lowest BCUT2D eigenvalue weighted by Gasteiger charge is -2.32. The highest BCUT2D eigenvalue weighted by molar-refractivity contribution is 6.62. The molecule has 0 spiro atoms. The molecular formula is C18H28BNO3. The Morgan fingerprint density at radius 3 is 2.26 bits per heavy atom. The zero-order chi connectivity index (χ0) is 17.0. The van der Waals surface area contributed by atoms with Gasteiger partial charge in [-0.3, -0.25) is 0 Å². The molecule has 2 aliphatic heterocycles. The number of ether oxygens (including phenoxy) is 1. The predicted octanol–water partition coefficient (Wildman–Crippen LogP) is 2.50. The predicted molar refractivity (Wildman–Crippen MR) is 93.2 cm³/mol. The quantitative estimate of drug-likeness (QED) is 0.852. The van der Waals surface area contributed by atoms with Gasteiger partial charge in [0.05, 0.1) is 17.8 Å². The summed E-state index contributed by atoms with van der Waals surface area (Å²) in [5.74, 6) is 0.948. The van der Waals surface area contributed by atoms with Gasteiger partial charge in [-0.05, 0) is 65.4 Å². The molecule has 3 rings (SSSR count). The zero-order valence-corrected chi connectivity index (χ0v) is 15.2. The standard InChI is InChI=1S/C18H28BNO3/c1-16(2,20)14-11-13(10-12-8-7-9-21-15(12)14)19-22-17(3,4)18(5,6)23-19/h10-11H,7-9,20H2,1-6H3. The summed E-state index contributed by atoms with van der Waals surface area (Å²) in [7, 11) is -0.367. The molecule has 0 atom stereocenters. The second-order valence-electron chi connectivity index (χ2n) is 8.32. The largest absolute Gasteiger partial charge is 0.494 e. The van der Waals surface area contributed by atoms with Crippen molar-refractivity contribution in [3.63, 3.8) is 0 Å². The SMILES string of the molecule is CC(C)(N)c1cc(B2OC(C)(C)C(C)(C)O2)cc2c1OCCC2. The van der Waals surface area contributed by atoms with Gasteiger partial charge in [0.15, 0.2) is 0 Å². The van der Waals surface area contributed by atoms with Crippen LogP contribution in [0.3, 0.4) is 0 Å². The van der Waals surface area contributed by atoms with Crippen molar-refractivity contribution in [3.8, 4) is 5.75 Å². The lowest BCUT2D eigenvalue weighted by atomic mass is 9.74. The Hall–Kier alpha value is -1.04. The molecule has 4 nitrogen and oxygen atoms in total. The Bertz CT molecular complexity index is 603. The van der Waals surface area contributed by atoms with E-state index in [1.165, 1.54) is 5.56 Å². The Balaban J connectivity index is 2.05. The van der Waals surface area contributed by atoms with E-state index in [4.69, 9.17) is 19.8 Å². The lowest BCUT2D eigenvalue weighted by molar-refractivity contribution is 0.00578. The fraction of sp³-hybridized carbons (Fsp3) is 0.667. The minimum Gasteiger partial charge on any atom is -0.493 e. The minimum absolute atomic E-state index is 0.345. The summed E-state index contributed by atoms with van der Waals surface area (Å²) in [6.07, 6.45) is 2.04. The summed E-state index contributed by atoms with van der Waals surface area (Å²) in [4.78, 5) is 0. The fourth-order valence-electron chi connectivity index (χ4n) is 3.10. The number of hydrogen-bond donors (Lipinski definition) is 1. The van der Waals surface area contributed by atoms with Crippen LogP contribution in [0.15, 0.2) is 12.1 Å². The van der Waals surface area contributed by atoms with Gasteiger partial charge < -0.3 is 19.8 Å². The summed E-state index contributed by atoms with van der Waals surface area (Å²) >= 11 is 0. The number of nitrogens with two attached hydrogens (primary N) is 1. The van der Waals surface area contributed by atoms with E-state index in [1.54, 1.807) is 0 Å². The molecule has 5 heteroatoms. The van der Waals surface area contributed by atoms with Crippen LogP contribution in [-0.2, 0) is 21.3 Å². The third-order valence-corrected chi connectivity index (χ3v) is 5.24. The third-order valence-electron chi connectivity index (χ3n) is 5.24. The van der Waals surface area contributed by atoms with Gasteiger partial charge in [-0.15, -0.1) is 0 Å². The van der Waals surface area contributed by atoms with Crippen molar-refractivity contribution in [3.05, 3.63) is 23.3 Å². The van der Waals surface area contributed by atoms with Crippen molar-refractivity contribution >= 4 is 12.6 Å². The van der Waals surface area contributed by atoms with E-state index in [1.807, 2.05) is 13.8 Å². The van der Waals surface area contributed by atoms with Crippen LogP contribution in [0.25, 0.3) is 0 Å². The molecule has 1 fully saturated rings. The van der Waals surface area contributed by atoms with Crippen molar-refractivity contribution < 1.29 is 14.0 Å². The summed E-state index contributed by atoms with van der Waals surface area (Å²) in [6, 6.07) is 4.25. The number of aryl methyl sites for hydroxylation is 1. The van der Waals surface area contributed by atoms with Crippen molar-refractivity contribution in [2.24, 2.45) is 5.73 Å². The molecule has 0 bridgehead atoms. The Morgan fingerprint density at radius 1 is 1.09 bits per heavy atom. The second-order valence-corrected chi connectivity index (χ2v) is 8.32. The monoisotopic (exact) mass is 317 g/mol. The Kier molecular flexibility index (Phi) is 3.82. The van der Waals surface area contributed by atoms with Gasteiger partial charge in [0.2, 0.25) is 0 Å². The molecule has 0 saturated carbocycles. The van der Waals surface area contributed by atoms with E-state index in [0.717, 1.165) is 36.2 Å². The van der Waals surface area contributed by atoms with E-state index in [9.17, 15) is 0 Å². The van der Waals surface area contributed by atoms with Crippen LogP contribution in [-0.4, -0.2) is 24.9 Å². The summed E-state index contributed by atoms with van der Waals surface area (Å²) in [6.45, 7) is 13.1. The Labute approximate surface area is 139 Å². The van der Waals surface area contributed by atoms with Gasteiger partial charge in [0, 0.05) is 11.1 Å². The maximum Gasteiger partial charge on any atom is 0.494 e. The van der Waals surface area contributed by atoms with Gasteiger partial charge in [-0.25, -0.2) is 0 Å². The van der Waals surface area contributed by atoms with Gasteiger partial charge in [-0.2, -0.15) is 0 Å². The number of benzene rings is 1. The zero-order valence-electron chi connectivity index (χ0n) is 15.2. The van der Waals surface area contributed by atoms with Gasteiger partial charge in [0.1, 0.15) is 5.75 Å². The number of hydrogen-bond acceptors (Lipinski definition) is 4. The second kappa shape index (κ2) is 5.23. The molecule has 0 aliphatic carbocycles. The van der Waals surface area contributed by atoms with Crippen LogP contribution < -0.4 is 15.9 Å². The fourth-order valence-corrected chi connectivity index (χ4v) is 3.10. The summed E-state index contributed by atoms with van der Waals surface area (Å²) in [5, 5.41) is 0. The maximum atomic E-state index is 6.39. The molecule has 2 heterocycles. The van der Waals surface area contributed by atoms with E-state index in [-0.39, 0.29) is 18.3 Å². The highest BCUT2D eigenvalue weighted by Crippen LogP contribution is 2.38. The van der Waals surface area contributed by atoms with Gasteiger partial charge in [0.25, 0.3) is 0 Å². The normalized spacial score (nSPS) is 22.7. The van der Waals surface area contributed by atoms with E-state index < -0.39 is 5.54 Å². The van der Waals surface area contributed by atoms with E-state index >= 15 is 0 Å². The Morgan fingerprint density at radius 2 is 1.70 bits per heavy atom. The first-order valence-corrected chi connectivity index (χ1v) is 8.46. The van der Waals surface area contributed by atoms with E-state index in [0.29, 0.717) is 0 Å². The topological polar surface area (TPSA) is 53.7 Å². The highest BCUT2D eigenvalue weighted by Gasteiger charge is 2.52. The van der Waals surface area contributed by atoms with Crippen LogP contribution in [0.4, 0.5) is 0 Å². The third kappa shape index (κ3) is 2.90. The van der Waals surface area contributed by atoms with Crippen LogP contribution in [0.1, 0.15) is 59.1 Å². The smallest absolute Gasteiger partial charge is 0.493 e. The number of rotatable bonds is 2. The molecular weight excluding hydrogens is 289 g/mol. The average Bonchev–Trinajstić information content (AvgIpc) is 2.65. The van der Waals surface area contributed by atoms with Crippen LogP contribution in [0, 0.1) is 0 Å². The summed E-state index contributed by atoms with van der Waals surface area (Å²) in [5.41, 5.74) is 8.49. The van der Waals surface area contributed by atoms with Crippen molar-refractivity contribution in [2.45, 2.75) is 71.1 Å². The molecule has 1 aromatic carbocycles. The number of fused-ring (bicyclic) bond motifs is 1. The van der Waals surface area contributed by atoms with Gasteiger partial charge in [-0.1, -0.05) is 12.1 Å². The molecule has 2 N–H and O–H groups in total. The molecule has 0 radical (unpaired) electrons. The first-order valence-electron chi connectivity index (χ1n) is 8.46. The van der Waals surface area contributed by atoms with Crippen molar-refractivity contribution in [2.75, 3.05) is 6.61 Å². The summed E-state index contributed by atoms with van der Waals surface area (Å²) < 4.78 is 18.3. The van der Waals surface area contributed by atoms with Crippen LogP contribution in [0.5, 0.6) is 5.75 Å². The average molecular weight is 317 g/mol. The lowest BCUT2D eigenvalue weighted by Crippen LogP contribution is -2.41. The van der Waals surface area contributed by atoms with Crippen LogP contribution in [0.2, 0.25) is 0 Å². The molecule has 126 valence electrons. The van der Waals surface area contributed by atoms with Crippen molar-refractivity contribution in [1.29, 1.82) is 0 Å². The molecule has 0 amide bonds. The molecule has 0 unspecified atom stereocenters. The first kappa shape index (κ1) is 16.8. The highest BCUT2D eigenvalue weighted by atomic mass is 16.7. The van der Waals surface area contributed by atoms with Crippen LogP contribution >= 0.6 is 0 Å².